The number of aromatic nitrogens is 2. The molecule has 158 valence electrons. The largest absolute Gasteiger partial charge is 0.497 e. The van der Waals surface area contributed by atoms with Crippen molar-refractivity contribution in [1.82, 2.24) is 9.97 Å². The van der Waals surface area contributed by atoms with Crippen LogP contribution in [0.5, 0.6) is 17.2 Å². The molecule has 0 saturated carbocycles. The third-order valence-electron chi connectivity index (χ3n) is 4.59. The van der Waals surface area contributed by atoms with Gasteiger partial charge in [0.2, 0.25) is 5.82 Å². The first-order chi connectivity index (χ1) is 15.2. The summed E-state index contributed by atoms with van der Waals surface area (Å²) >= 11 is 0. The van der Waals surface area contributed by atoms with Gasteiger partial charge in [0.05, 0.1) is 25.3 Å². The number of rotatable bonds is 8. The number of benzene rings is 3. The lowest BCUT2D eigenvalue weighted by Crippen LogP contribution is -2.10. The van der Waals surface area contributed by atoms with Crippen molar-refractivity contribution < 1.29 is 14.3 Å². The van der Waals surface area contributed by atoms with E-state index in [0.717, 1.165) is 22.4 Å². The van der Waals surface area contributed by atoms with Crippen molar-refractivity contribution >= 4 is 34.0 Å². The van der Waals surface area contributed by atoms with Crippen LogP contribution in [0.4, 0.5) is 23.0 Å². The molecule has 0 amide bonds. The fourth-order valence-electron chi connectivity index (χ4n) is 2.97. The van der Waals surface area contributed by atoms with E-state index in [1.54, 1.807) is 20.3 Å². The lowest BCUT2D eigenvalue weighted by atomic mass is 10.2. The molecule has 0 radical (unpaired) electrons. The van der Waals surface area contributed by atoms with Crippen molar-refractivity contribution in [3.8, 4) is 17.2 Å². The van der Waals surface area contributed by atoms with E-state index < -0.39 is 0 Å². The van der Waals surface area contributed by atoms with Crippen molar-refractivity contribution in [3.05, 3.63) is 66.7 Å². The van der Waals surface area contributed by atoms with Crippen molar-refractivity contribution in [2.45, 2.75) is 0 Å². The Morgan fingerprint density at radius 3 is 1.87 bits per heavy atom. The molecule has 0 unspecified atom stereocenters. The van der Waals surface area contributed by atoms with Gasteiger partial charge < -0.3 is 24.9 Å². The zero-order valence-electron chi connectivity index (χ0n) is 17.5. The Morgan fingerprint density at radius 1 is 0.677 bits per heavy atom. The highest BCUT2D eigenvalue weighted by Crippen LogP contribution is 2.30. The van der Waals surface area contributed by atoms with Crippen LogP contribution in [0.25, 0.3) is 11.0 Å². The van der Waals surface area contributed by atoms with Gasteiger partial charge in [-0.05, 0) is 36.4 Å². The predicted molar refractivity (Wildman–Crippen MR) is 123 cm³/mol. The van der Waals surface area contributed by atoms with Crippen LogP contribution in [0, 0.1) is 0 Å². The predicted octanol–water partition coefficient (Wildman–Crippen LogP) is 4.84. The first-order valence-corrected chi connectivity index (χ1v) is 9.66. The highest BCUT2D eigenvalue weighted by molar-refractivity contribution is 5.81. The third kappa shape index (κ3) is 4.69. The lowest BCUT2D eigenvalue weighted by molar-refractivity contribution is 0.395. The van der Waals surface area contributed by atoms with Crippen LogP contribution < -0.4 is 30.4 Å². The number of hydrogen-bond donors (Lipinski definition) is 3. The quantitative estimate of drug-likeness (QED) is 0.351. The van der Waals surface area contributed by atoms with Crippen LogP contribution in [-0.2, 0) is 0 Å². The molecule has 8 nitrogen and oxygen atoms in total. The molecule has 0 saturated heterocycles. The first-order valence-electron chi connectivity index (χ1n) is 9.66. The number of fused-ring (bicyclic) bond motifs is 1. The smallest absolute Gasteiger partial charge is 0.204 e. The Kier molecular flexibility index (Phi) is 5.89. The van der Waals surface area contributed by atoms with Crippen LogP contribution >= 0.6 is 0 Å². The number of nitrogens with zero attached hydrogens (tertiary/aromatic N) is 2. The number of hydrogen-bond acceptors (Lipinski definition) is 8. The maximum Gasteiger partial charge on any atom is 0.204 e. The van der Waals surface area contributed by atoms with E-state index >= 15 is 0 Å². The van der Waals surface area contributed by atoms with Gasteiger partial charge in [0.1, 0.15) is 11.5 Å². The number of methoxy groups -OCH3 is 2. The molecule has 3 N–H and O–H groups in total. The van der Waals surface area contributed by atoms with E-state index in [-0.39, 0.29) is 0 Å². The summed E-state index contributed by atoms with van der Waals surface area (Å²) in [6.07, 6.45) is 0. The maximum absolute atomic E-state index is 5.74. The minimum absolute atomic E-state index is 0.443. The van der Waals surface area contributed by atoms with E-state index in [0.29, 0.717) is 28.9 Å². The van der Waals surface area contributed by atoms with Crippen molar-refractivity contribution in [3.63, 3.8) is 0 Å². The molecular formula is C23H23N5O3. The van der Waals surface area contributed by atoms with E-state index in [2.05, 4.69) is 21.1 Å². The second-order valence-electron chi connectivity index (χ2n) is 6.61. The first kappa shape index (κ1) is 20.1. The summed E-state index contributed by atoms with van der Waals surface area (Å²) in [4.78, 5) is 15.1. The van der Waals surface area contributed by atoms with Gasteiger partial charge >= 0.3 is 0 Å². The molecule has 1 heterocycles. The Bertz CT molecular complexity index is 1160. The summed E-state index contributed by atoms with van der Waals surface area (Å²) in [5.41, 5.74) is 6.15. The van der Waals surface area contributed by atoms with Crippen molar-refractivity contribution in [2.24, 2.45) is 0 Å². The highest BCUT2D eigenvalue weighted by atomic mass is 16.6. The van der Waals surface area contributed by atoms with E-state index in [4.69, 9.17) is 19.3 Å². The summed E-state index contributed by atoms with van der Waals surface area (Å²) in [5.74, 6) is 2.90. The fourth-order valence-corrected chi connectivity index (χ4v) is 2.97. The molecule has 0 bridgehead atoms. The SMILES string of the molecule is CNc1ccc(ONc2nc3ccccc3nc2Nc2cc(OC)cc(OC)c2)cc1. The zero-order valence-corrected chi connectivity index (χ0v) is 17.5. The van der Waals surface area contributed by atoms with Gasteiger partial charge in [0.25, 0.3) is 0 Å². The molecule has 0 spiro atoms. The molecular weight excluding hydrogens is 394 g/mol. The van der Waals surface area contributed by atoms with E-state index in [9.17, 15) is 0 Å². The van der Waals surface area contributed by atoms with Gasteiger partial charge in [-0.15, -0.1) is 0 Å². The second kappa shape index (κ2) is 9.08. The van der Waals surface area contributed by atoms with Crippen molar-refractivity contribution in [1.29, 1.82) is 0 Å². The minimum atomic E-state index is 0.443. The molecule has 0 atom stereocenters. The van der Waals surface area contributed by atoms with Crippen LogP contribution in [0.15, 0.2) is 66.7 Å². The van der Waals surface area contributed by atoms with Gasteiger partial charge in [-0.25, -0.2) is 15.4 Å². The van der Waals surface area contributed by atoms with E-state index in [1.165, 1.54) is 0 Å². The molecule has 1 aromatic heterocycles. The number of nitrogens with one attached hydrogen (secondary N) is 3. The monoisotopic (exact) mass is 417 g/mol. The fraction of sp³-hybridized carbons (Fsp3) is 0.130. The molecule has 3 aromatic carbocycles. The Hall–Kier alpha value is -4.20. The Morgan fingerprint density at radius 2 is 1.29 bits per heavy atom. The molecule has 4 rings (SSSR count). The zero-order chi connectivity index (χ0) is 21.6. The third-order valence-corrected chi connectivity index (χ3v) is 4.59. The summed E-state index contributed by atoms with van der Waals surface area (Å²) < 4.78 is 10.7. The molecule has 0 aliphatic carbocycles. The molecule has 4 aromatic rings. The maximum atomic E-state index is 5.74. The molecule has 8 heteroatoms. The van der Waals surface area contributed by atoms with Crippen LogP contribution in [0.2, 0.25) is 0 Å². The van der Waals surface area contributed by atoms with Crippen LogP contribution in [-0.4, -0.2) is 31.2 Å². The second-order valence-corrected chi connectivity index (χ2v) is 6.61. The standard InChI is InChI=1S/C23H23N5O3/c1-24-15-8-10-17(11-9-15)31-28-23-22(26-20-6-4-5-7-21(20)27-23)25-16-12-18(29-2)14-19(13-16)30-3/h4-14,24H,1-3H3,(H,25,26)(H,27,28). The summed E-state index contributed by atoms with van der Waals surface area (Å²) in [6, 6.07) is 20.7. The summed E-state index contributed by atoms with van der Waals surface area (Å²) in [7, 11) is 5.08. The van der Waals surface area contributed by atoms with Gasteiger partial charge in [-0.3, -0.25) is 0 Å². The number of anilines is 4. The molecule has 31 heavy (non-hydrogen) atoms. The van der Waals surface area contributed by atoms with Gasteiger partial charge in [-0.1, -0.05) is 12.1 Å². The average molecular weight is 417 g/mol. The summed E-state index contributed by atoms with van der Waals surface area (Å²) in [5, 5.41) is 6.36. The Labute approximate surface area is 180 Å². The minimum Gasteiger partial charge on any atom is -0.497 e. The number of para-hydroxylation sites is 2. The van der Waals surface area contributed by atoms with Gasteiger partial charge in [0, 0.05) is 36.6 Å². The van der Waals surface area contributed by atoms with Crippen LogP contribution in [0.3, 0.4) is 0 Å². The molecule has 0 fully saturated rings. The average Bonchev–Trinajstić information content (AvgIpc) is 2.82. The van der Waals surface area contributed by atoms with Gasteiger partial charge in [0.15, 0.2) is 11.6 Å². The lowest BCUT2D eigenvalue weighted by Gasteiger charge is -2.15. The topological polar surface area (TPSA) is 89.6 Å². The summed E-state index contributed by atoms with van der Waals surface area (Å²) in [6.45, 7) is 0. The number of ether oxygens (including phenoxy) is 2. The Balaban J connectivity index is 1.66. The van der Waals surface area contributed by atoms with Crippen LogP contribution in [0.1, 0.15) is 0 Å². The van der Waals surface area contributed by atoms with Gasteiger partial charge in [-0.2, -0.15) is 0 Å². The molecule has 0 aliphatic heterocycles. The van der Waals surface area contributed by atoms with Crippen molar-refractivity contribution in [2.75, 3.05) is 37.4 Å². The highest BCUT2D eigenvalue weighted by Gasteiger charge is 2.12. The normalized spacial score (nSPS) is 10.4. The molecule has 0 aliphatic rings. The van der Waals surface area contributed by atoms with E-state index in [1.807, 2.05) is 67.7 Å².